The van der Waals surface area contributed by atoms with Gasteiger partial charge in [-0.05, 0) is 33.6 Å². The normalized spacial score (nSPS) is 17.3. The molecular weight excluding hydrogens is 314 g/mol. The van der Waals surface area contributed by atoms with E-state index in [4.69, 9.17) is 0 Å². The second kappa shape index (κ2) is 7.82. The van der Waals surface area contributed by atoms with E-state index in [9.17, 15) is 0 Å². The molecule has 0 unspecified atom stereocenters. The molecule has 0 saturated carbocycles. The standard InChI is InChI=1S/C18H29N7/c1-5-25-14(3)16(13(2)23-25)11-20-10-15-7-6-8-24(15)18-9-17(19-4)21-12-22-18/h9,12,15,20H,5-8,10-11H2,1-4H3,(H,19,21,22)/t15-/m0/s1. The minimum absolute atomic E-state index is 0.474. The molecule has 7 nitrogen and oxygen atoms in total. The molecular formula is C18H29N7. The maximum Gasteiger partial charge on any atom is 0.134 e. The molecule has 1 fully saturated rings. The number of hydrogen-bond acceptors (Lipinski definition) is 6. The summed E-state index contributed by atoms with van der Waals surface area (Å²) in [6.45, 7) is 10.2. The molecule has 1 aliphatic rings. The molecule has 0 radical (unpaired) electrons. The van der Waals surface area contributed by atoms with Crippen LogP contribution >= 0.6 is 0 Å². The zero-order valence-corrected chi connectivity index (χ0v) is 15.7. The maximum absolute atomic E-state index is 4.60. The second-order valence-electron chi connectivity index (χ2n) is 6.60. The Hall–Kier alpha value is -2.15. The number of aryl methyl sites for hydroxylation is 2. The van der Waals surface area contributed by atoms with Gasteiger partial charge in [-0.25, -0.2) is 9.97 Å². The molecule has 3 heterocycles. The van der Waals surface area contributed by atoms with Gasteiger partial charge in [0.15, 0.2) is 0 Å². The lowest BCUT2D eigenvalue weighted by molar-refractivity contribution is 0.568. The Morgan fingerprint density at radius 1 is 1.28 bits per heavy atom. The fourth-order valence-electron chi connectivity index (χ4n) is 3.65. The van der Waals surface area contributed by atoms with Crippen LogP contribution in [0.3, 0.4) is 0 Å². The first kappa shape index (κ1) is 17.7. The van der Waals surface area contributed by atoms with Crippen LogP contribution in [0.5, 0.6) is 0 Å². The summed E-state index contributed by atoms with van der Waals surface area (Å²) in [4.78, 5) is 11.1. The van der Waals surface area contributed by atoms with Gasteiger partial charge in [0.2, 0.25) is 0 Å². The van der Waals surface area contributed by atoms with Gasteiger partial charge in [-0.2, -0.15) is 5.10 Å². The first-order valence-corrected chi connectivity index (χ1v) is 9.14. The van der Waals surface area contributed by atoms with E-state index in [1.54, 1.807) is 6.33 Å². The molecule has 2 aromatic rings. The van der Waals surface area contributed by atoms with E-state index >= 15 is 0 Å². The molecule has 0 amide bonds. The molecule has 136 valence electrons. The highest BCUT2D eigenvalue weighted by Crippen LogP contribution is 2.24. The van der Waals surface area contributed by atoms with Crippen LogP contribution in [0.25, 0.3) is 0 Å². The highest BCUT2D eigenvalue weighted by atomic mass is 15.3. The van der Waals surface area contributed by atoms with E-state index in [0.717, 1.165) is 43.5 Å². The first-order chi connectivity index (χ1) is 12.1. The fraction of sp³-hybridized carbons (Fsp3) is 0.611. The molecule has 25 heavy (non-hydrogen) atoms. The van der Waals surface area contributed by atoms with E-state index in [1.165, 1.54) is 24.1 Å². The molecule has 1 saturated heterocycles. The molecule has 2 aromatic heterocycles. The van der Waals surface area contributed by atoms with Gasteiger partial charge < -0.3 is 15.5 Å². The van der Waals surface area contributed by atoms with Crippen LogP contribution in [0.2, 0.25) is 0 Å². The van der Waals surface area contributed by atoms with Gasteiger partial charge >= 0.3 is 0 Å². The molecule has 3 rings (SSSR count). The molecule has 0 spiro atoms. The molecule has 1 atom stereocenters. The van der Waals surface area contributed by atoms with Crippen LogP contribution in [0.1, 0.15) is 36.7 Å². The lowest BCUT2D eigenvalue weighted by Crippen LogP contribution is -2.38. The molecule has 2 N–H and O–H groups in total. The summed E-state index contributed by atoms with van der Waals surface area (Å²) < 4.78 is 2.08. The maximum atomic E-state index is 4.60. The largest absolute Gasteiger partial charge is 0.373 e. The highest BCUT2D eigenvalue weighted by Gasteiger charge is 2.25. The fourth-order valence-corrected chi connectivity index (χ4v) is 3.65. The summed E-state index contributed by atoms with van der Waals surface area (Å²) in [7, 11) is 1.89. The van der Waals surface area contributed by atoms with Crippen LogP contribution in [0.15, 0.2) is 12.4 Å². The SMILES string of the molecule is CCn1nc(C)c(CNC[C@@H]2CCCN2c2cc(NC)ncn2)c1C. The smallest absolute Gasteiger partial charge is 0.134 e. The third-order valence-corrected chi connectivity index (χ3v) is 5.09. The monoisotopic (exact) mass is 343 g/mol. The van der Waals surface area contributed by atoms with Crippen LogP contribution in [0, 0.1) is 13.8 Å². The molecule has 1 aliphatic heterocycles. The van der Waals surface area contributed by atoms with Crippen molar-refractivity contribution in [3.63, 3.8) is 0 Å². The van der Waals surface area contributed by atoms with Crippen molar-refractivity contribution >= 4 is 11.6 Å². The Kier molecular flexibility index (Phi) is 5.53. The van der Waals surface area contributed by atoms with Crippen molar-refractivity contribution in [1.29, 1.82) is 0 Å². The minimum Gasteiger partial charge on any atom is -0.373 e. The van der Waals surface area contributed by atoms with Crippen molar-refractivity contribution in [2.75, 3.05) is 30.4 Å². The van der Waals surface area contributed by atoms with Crippen LogP contribution in [-0.4, -0.2) is 45.9 Å². The number of nitrogens with one attached hydrogen (secondary N) is 2. The van der Waals surface area contributed by atoms with Gasteiger partial charge in [-0.3, -0.25) is 4.68 Å². The third-order valence-electron chi connectivity index (χ3n) is 5.09. The summed E-state index contributed by atoms with van der Waals surface area (Å²) in [6, 6.07) is 2.50. The summed E-state index contributed by atoms with van der Waals surface area (Å²) >= 11 is 0. The number of anilines is 2. The second-order valence-corrected chi connectivity index (χ2v) is 6.60. The third kappa shape index (κ3) is 3.76. The highest BCUT2D eigenvalue weighted by molar-refractivity contribution is 5.49. The number of nitrogens with zero attached hydrogens (tertiary/aromatic N) is 5. The van der Waals surface area contributed by atoms with Crippen LogP contribution in [0.4, 0.5) is 11.6 Å². The van der Waals surface area contributed by atoms with Crippen LogP contribution < -0.4 is 15.5 Å². The molecule has 0 aromatic carbocycles. The van der Waals surface area contributed by atoms with E-state index < -0.39 is 0 Å². The lowest BCUT2D eigenvalue weighted by Gasteiger charge is -2.26. The zero-order valence-electron chi connectivity index (χ0n) is 15.7. The van der Waals surface area contributed by atoms with Crippen molar-refractivity contribution in [1.82, 2.24) is 25.1 Å². The minimum atomic E-state index is 0.474. The van der Waals surface area contributed by atoms with Gasteiger partial charge in [-0.15, -0.1) is 0 Å². The van der Waals surface area contributed by atoms with E-state index in [1.807, 2.05) is 13.1 Å². The first-order valence-electron chi connectivity index (χ1n) is 9.14. The summed E-state index contributed by atoms with van der Waals surface area (Å²) in [5.41, 5.74) is 3.72. The van der Waals surface area contributed by atoms with Gasteiger partial charge in [0.25, 0.3) is 0 Å². The predicted octanol–water partition coefficient (Wildman–Crippen LogP) is 2.11. The average Bonchev–Trinajstić information content (AvgIpc) is 3.21. The summed E-state index contributed by atoms with van der Waals surface area (Å²) in [5.74, 6) is 1.87. The Balaban J connectivity index is 1.62. The number of aromatic nitrogens is 4. The molecule has 0 bridgehead atoms. The van der Waals surface area contributed by atoms with Crippen molar-refractivity contribution in [3.8, 4) is 0 Å². The molecule has 7 heteroatoms. The van der Waals surface area contributed by atoms with Crippen molar-refractivity contribution in [2.24, 2.45) is 0 Å². The Morgan fingerprint density at radius 2 is 2.12 bits per heavy atom. The lowest BCUT2D eigenvalue weighted by atomic mass is 10.1. The Bertz CT molecular complexity index is 709. The zero-order chi connectivity index (χ0) is 17.8. The average molecular weight is 343 g/mol. The predicted molar refractivity (Wildman–Crippen MR) is 101 cm³/mol. The Morgan fingerprint density at radius 3 is 2.84 bits per heavy atom. The molecule has 0 aliphatic carbocycles. The number of rotatable bonds is 7. The van der Waals surface area contributed by atoms with Crippen molar-refractivity contribution in [2.45, 2.75) is 52.7 Å². The van der Waals surface area contributed by atoms with Crippen molar-refractivity contribution in [3.05, 3.63) is 29.3 Å². The number of hydrogen-bond donors (Lipinski definition) is 2. The van der Waals surface area contributed by atoms with E-state index in [0.29, 0.717) is 6.04 Å². The van der Waals surface area contributed by atoms with Gasteiger partial charge in [0.05, 0.1) is 5.69 Å². The van der Waals surface area contributed by atoms with Gasteiger partial charge in [0.1, 0.15) is 18.0 Å². The van der Waals surface area contributed by atoms with Crippen LogP contribution in [-0.2, 0) is 13.1 Å². The van der Waals surface area contributed by atoms with Gasteiger partial charge in [-0.1, -0.05) is 0 Å². The van der Waals surface area contributed by atoms with E-state index in [-0.39, 0.29) is 0 Å². The summed E-state index contributed by atoms with van der Waals surface area (Å²) in [5, 5.41) is 11.3. The summed E-state index contributed by atoms with van der Waals surface area (Å²) in [6.07, 6.45) is 4.03. The van der Waals surface area contributed by atoms with Gasteiger partial charge in [0, 0.05) is 56.6 Å². The quantitative estimate of drug-likeness (QED) is 0.802. The van der Waals surface area contributed by atoms with E-state index in [2.05, 4.69) is 56.1 Å². The Labute approximate surface area is 149 Å². The van der Waals surface area contributed by atoms with Crippen molar-refractivity contribution < 1.29 is 0 Å². The topological polar surface area (TPSA) is 70.9 Å².